The molecule has 6 nitrogen and oxygen atoms in total. The number of carbonyl (C=O) groups is 3. The first-order valence-corrected chi connectivity index (χ1v) is 11.5. The minimum Gasteiger partial charge on any atom is -0.454 e. The summed E-state index contributed by atoms with van der Waals surface area (Å²) in [6.45, 7) is 5.35. The molecule has 0 aromatic heterocycles. The molecule has 29 heavy (non-hydrogen) atoms. The van der Waals surface area contributed by atoms with Crippen LogP contribution in [0.5, 0.6) is 0 Å². The van der Waals surface area contributed by atoms with Crippen molar-refractivity contribution in [3.05, 3.63) is 0 Å². The first-order chi connectivity index (χ1) is 13.8. The van der Waals surface area contributed by atoms with Gasteiger partial charge in [0, 0.05) is 19.5 Å². The van der Waals surface area contributed by atoms with E-state index in [0.29, 0.717) is 18.3 Å². The number of amides is 2. The number of esters is 1. The standard InChI is InChI=1S/C23H36N2O4/c1-15-3-16(2)13-25(12-15)21(27)14-29-22(28)11-24-20(26)10-23-7-17-4-18(8-23)6-19(5-17)9-23/h15-19H,3-14H2,1-2H3,(H,24,26)/t15-,16+,17?,18?,19?,23?. The third-order valence-corrected chi connectivity index (χ3v) is 7.71. The van der Waals surface area contributed by atoms with Gasteiger partial charge in [0.2, 0.25) is 5.91 Å². The lowest BCUT2D eigenvalue weighted by Crippen LogP contribution is -2.48. The van der Waals surface area contributed by atoms with Crippen molar-refractivity contribution in [2.24, 2.45) is 35.0 Å². The molecular formula is C23H36N2O4. The van der Waals surface area contributed by atoms with Gasteiger partial charge in [0.15, 0.2) is 6.61 Å². The van der Waals surface area contributed by atoms with Crippen LogP contribution in [0.2, 0.25) is 0 Å². The lowest BCUT2D eigenvalue weighted by molar-refractivity contribution is -0.153. The molecule has 1 aliphatic heterocycles. The molecule has 0 unspecified atom stereocenters. The number of hydrogen-bond donors (Lipinski definition) is 1. The van der Waals surface area contributed by atoms with E-state index in [1.807, 2.05) is 0 Å². The van der Waals surface area contributed by atoms with Gasteiger partial charge in [0.05, 0.1) is 0 Å². The van der Waals surface area contributed by atoms with Crippen molar-refractivity contribution < 1.29 is 19.1 Å². The molecule has 1 saturated heterocycles. The highest BCUT2D eigenvalue weighted by Gasteiger charge is 2.51. The Morgan fingerprint density at radius 1 is 0.931 bits per heavy atom. The van der Waals surface area contributed by atoms with Gasteiger partial charge < -0.3 is 15.0 Å². The van der Waals surface area contributed by atoms with Gasteiger partial charge in [0.25, 0.3) is 5.91 Å². The Morgan fingerprint density at radius 2 is 1.48 bits per heavy atom. The number of hydrogen-bond acceptors (Lipinski definition) is 4. The number of rotatable bonds is 6. The Bertz CT molecular complexity index is 616. The average molecular weight is 405 g/mol. The number of nitrogens with zero attached hydrogens (tertiary/aromatic N) is 1. The molecule has 0 spiro atoms. The van der Waals surface area contributed by atoms with E-state index in [9.17, 15) is 14.4 Å². The summed E-state index contributed by atoms with van der Waals surface area (Å²) in [6.07, 6.45) is 9.27. The van der Waals surface area contributed by atoms with Crippen LogP contribution in [-0.2, 0) is 19.1 Å². The molecule has 1 heterocycles. The summed E-state index contributed by atoms with van der Waals surface area (Å²) in [5.74, 6) is 2.66. The molecule has 162 valence electrons. The summed E-state index contributed by atoms with van der Waals surface area (Å²) in [6, 6.07) is 0. The van der Waals surface area contributed by atoms with E-state index in [-0.39, 0.29) is 30.4 Å². The molecule has 6 heteroatoms. The van der Waals surface area contributed by atoms with Gasteiger partial charge in [-0.1, -0.05) is 13.8 Å². The average Bonchev–Trinajstić information content (AvgIpc) is 2.62. The van der Waals surface area contributed by atoms with E-state index in [0.717, 1.165) is 37.3 Å². The van der Waals surface area contributed by atoms with Gasteiger partial charge in [0.1, 0.15) is 6.54 Å². The van der Waals surface area contributed by atoms with E-state index in [1.165, 1.54) is 38.5 Å². The van der Waals surface area contributed by atoms with Crippen LogP contribution in [0.1, 0.15) is 65.2 Å². The van der Waals surface area contributed by atoms with Crippen molar-refractivity contribution in [1.82, 2.24) is 10.2 Å². The summed E-state index contributed by atoms with van der Waals surface area (Å²) in [4.78, 5) is 38.6. The van der Waals surface area contributed by atoms with Crippen molar-refractivity contribution in [1.29, 1.82) is 0 Å². The van der Waals surface area contributed by atoms with Crippen LogP contribution in [0.25, 0.3) is 0 Å². The number of nitrogens with one attached hydrogen (secondary N) is 1. The Kier molecular flexibility index (Phi) is 5.90. The Balaban J connectivity index is 1.17. The maximum atomic E-state index is 12.5. The maximum Gasteiger partial charge on any atom is 0.325 e. The molecule has 5 aliphatic rings. The van der Waals surface area contributed by atoms with Gasteiger partial charge in [-0.2, -0.15) is 0 Å². The molecule has 0 aromatic rings. The molecule has 1 N–H and O–H groups in total. The van der Waals surface area contributed by atoms with Crippen molar-refractivity contribution in [3.63, 3.8) is 0 Å². The SMILES string of the molecule is C[C@@H]1C[C@H](C)CN(C(=O)COC(=O)CNC(=O)CC23CC4CC(CC(C4)C2)C3)C1. The van der Waals surface area contributed by atoms with Crippen molar-refractivity contribution in [2.45, 2.75) is 65.2 Å². The Labute approximate surface area is 174 Å². The van der Waals surface area contributed by atoms with Crippen LogP contribution in [0, 0.1) is 35.0 Å². The molecule has 2 atom stereocenters. The minimum atomic E-state index is -0.532. The Hall–Kier alpha value is -1.59. The van der Waals surface area contributed by atoms with Crippen LogP contribution in [0.3, 0.4) is 0 Å². The third-order valence-electron chi connectivity index (χ3n) is 7.71. The molecule has 0 radical (unpaired) electrons. The molecule has 5 rings (SSSR count). The molecular weight excluding hydrogens is 368 g/mol. The molecule has 4 saturated carbocycles. The van der Waals surface area contributed by atoms with Crippen LogP contribution in [0.15, 0.2) is 0 Å². The normalized spacial score (nSPS) is 38.0. The van der Waals surface area contributed by atoms with Crippen molar-refractivity contribution >= 4 is 17.8 Å². The molecule has 4 aliphatic carbocycles. The second kappa shape index (κ2) is 8.27. The van der Waals surface area contributed by atoms with Gasteiger partial charge >= 0.3 is 5.97 Å². The van der Waals surface area contributed by atoms with Gasteiger partial charge in [-0.3, -0.25) is 14.4 Å². The van der Waals surface area contributed by atoms with E-state index in [4.69, 9.17) is 4.74 Å². The van der Waals surface area contributed by atoms with Crippen LogP contribution in [0.4, 0.5) is 0 Å². The second-order valence-corrected chi connectivity index (χ2v) is 10.8. The summed E-state index contributed by atoms with van der Waals surface area (Å²) >= 11 is 0. The van der Waals surface area contributed by atoms with E-state index in [2.05, 4.69) is 19.2 Å². The van der Waals surface area contributed by atoms with Crippen molar-refractivity contribution in [3.8, 4) is 0 Å². The van der Waals surface area contributed by atoms with Gasteiger partial charge in [-0.15, -0.1) is 0 Å². The third kappa shape index (κ3) is 4.95. The predicted octanol–water partition coefficient (Wildman–Crippen LogP) is 2.76. The fourth-order valence-corrected chi connectivity index (χ4v) is 7.23. The number of piperidine rings is 1. The van der Waals surface area contributed by atoms with Crippen molar-refractivity contribution in [2.75, 3.05) is 26.2 Å². The van der Waals surface area contributed by atoms with Crippen LogP contribution < -0.4 is 5.32 Å². The zero-order valence-electron chi connectivity index (χ0n) is 18.0. The lowest BCUT2D eigenvalue weighted by atomic mass is 9.49. The summed E-state index contributed by atoms with van der Waals surface area (Å²) in [7, 11) is 0. The fourth-order valence-electron chi connectivity index (χ4n) is 7.23. The summed E-state index contributed by atoms with van der Waals surface area (Å²) in [5.41, 5.74) is 0.167. The quantitative estimate of drug-likeness (QED) is 0.691. The zero-order valence-corrected chi connectivity index (χ0v) is 18.0. The van der Waals surface area contributed by atoms with E-state index < -0.39 is 5.97 Å². The lowest BCUT2D eigenvalue weighted by Gasteiger charge is -2.56. The van der Waals surface area contributed by atoms with E-state index in [1.54, 1.807) is 4.90 Å². The predicted molar refractivity (Wildman–Crippen MR) is 109 cm³/mol. The fraction of sp³-hybridized carbons (Fsp3) is 0.870. The smallest absolute Gasteiger partial charge is 0.325 e. The minimum absolute atomic E-state index is 0.0473. The number of likely N-dealkylation sites (tertiary alicyclic amines) is 1. The monoisotopic (exact) mass is 404 g/mol. The van der Waals surface area contributed by atoms with E-state index >= 15 is 0 Å². The largest absolute Gasteiger partial charge is 0.454 e. The van der Waals surface area contributed by atoms with Crippen LogP contribution in [-0.4, -0.2) is 48.9 Å². The zero-order chi connectivity index (χ0) is 20.6. The van der Waals surface area contributed by atoms with Gasteiger partial charge in [-0.25, -0.2) is 0 Å². The molecule has 2 amide bonds. The number of ether oxygens (including phenoxy) is 1. The first kappa shape index (κ1) is 20.7. The highest BCUT2D eigenvalue weighted by Crippen LogP contribution is 2.61. The summed E-state index contributed by atoms with van der Waals surface area (Å²) in [5, 5.41) is 2.74. The highest BCUT2D eigenvalue weighted by atomic mass is 16.5. The molecule has 5 fully saturated rings. The second-order valence-electron chi connectivity index (χ2n) is 10.8. The van der Waals surface area contributed by atoms with Crippen LogP contribution >= 0.6 is 0 Å². The summed E-state index contributed by atoms with van der Waals surface area (Å²) < 4.78 is 5.13. The molecule has 0 aromatic carbocycles. The van der Waals surface area contributed by atoms with Gasteiger partial charge in [-0.05, 0) is 80.0 Å². The maximum absolute atomic E-state index is 12.5. The number of carbonyl (C=O) groups excluding carboxylic acids is 3. The highest BCUT2D eigenvalue weighted by molar-refractivity contribution is 5.84. The Morgan fingerprint density at radius 3 is 2.03 bits per heavy atom. The topological polar surface area (TPSA) is 75.7 Å². The molecule has 4 bridgehead atoms. The first-order valence-electron chi connectivity index (χ1n) is 11.5.